The van der Waals surface area contributed by atoms with Crippen LogP contribution in [-0.4, -0.2) is 22.9 Å². The Morgan fingerprint density at radius 1 is 1.22 bits per heavy atom. The zero-order chi connectivity index (χ0) is 12.3. The molecule has 0 radical (unpaired) electrons. The van der Waals surface area contributed by atoms with Crippen LogP contribution in [0.3, 0.4) is 0 Å². The molecule has 2 aliphatic rings. The SMILES string of the molecule is Br.CC1(C)c2ccccc2C[C@H]2N(O)CC[C@@]21C. The van der Waals surface area contributed by atoms with Crippen molar-refractivity contribution in [2.75, 3.05) is 6.54 Å². The molecule has 0 spiro atoms. The number of hydrogen-bond acceptors (Lipinski definition) is 2. The van der Waals surface area contributed by atoms with Crippen LogP contribution >= 0.6 is 17.0 Å². The molecule has 0 saturated carbocycles. The maximum absolute atomic E-state index is 10.1. The van der Waals surface area contributed by atoms with Gasteiger partial charge in [0.05, 0.1) is 0 Å². The van der Waals surface area contributed by atoms with Crippen molar-refractivity contribution in [1.82, 2.24) is 5.06 Å². The summed E-state index contributed by atoms with van der Waals surface area (Å²) in [6, 6.07) is 8.98. The molecule has 1 N–H and O–H groups in total. The monoisotopic (exact) mass is 311 g/mol. The summed E-state index contributed by atoms with van der Waals surface area (Å²) in [5, 5.41) is 11.6. The Bertz CT molecular complexity index is 460. The standard InChI is InChI=1S/C15H21NO.BrH/c1-14(2)12-7-5-4-6-11(12)10-13-15(14,3)8-9-16(13)17;/h4-7,13,17H,8-10H2,1-3H3;1H/t13-,15+;/m1./s1. The van der Waals surface area contributed by atoms with E-state index in [0.717, 1.165) is 19.4 Å². The van der Waals surface area contributed by atoms with E-state index in [0.29, 0.717) is 0 Å². The zero-order valence-corrected chi connectivity index (χ0v) is 13.0. The third kappa shape index (κ3) is 1.60. The summed E-state index contributed by atoms with van der Waals surface area (Å²) in [6.45, 7) is 7.80. The van der Waals surface area contributed by atoms with Gasteiger partial charge in [0.2, 0.25) is 0 Å². The average molecular weight is 312 g/mol. The summed E-state index contributed by atoms with van der Waals surface area (Å²) in [5.74, 6) is 0. The highest BCUT2D eigenvalue weighted by molar-refractivity contribution is 8.93. The first-order valence-electron chi connectivity index (χ1n) is 6.51. The minimum absolute atomic E-state index is 0. The van der Waals surface area contributed by atoms with Gasteiger partial charge in [-0.3, -0.25) is 0 Å². The van der Waals surface area contributed by atoms with E-state index in [-0.39, 0.29) is 33.9 Å². The van der Waals surface area contributed by atoms with Crippen molar-refractivity contribution in [2.45, 2.75) is 45.1 Å². The molecule has 1 aliphatic carbocycles. The van der Waals surface area contributed by atoms with Gasteiger partial charge in [-0.05, 0) is 34.8 Å². The van der Waals surface area contributed by atoms with Gasteiger partial charge in [0.15, 0.2) is 0 Å². The van der Waals surface area contributed by atoms with E-state index in [1.807, 2.05) is 0 Å². The van der Waals surface area contributed by atoms with Crippen LogP contribution in [0.4, 0.5) is 0 Å². The molecule has 1 aromatic carbocycles. The molecule has 0 amide bonds. The topological polar surface area (TPSA) is 23.5 Å². The molecule has 1 saturated heterocycles. The Morgan fingerprint density at radius 2 is 1.89 bits per heavy atom. The second-order valence-electron chi connectivity index (χ2n) is 6.33. The van der Waals surface area contributed by atoms with Crippen LogP contribution in [0.1, 0.15) is 38.3 Å². The Hall–Kier alpha value is -0.380. The first-order valence-corrected chi connectivity index (χ1v) is 6.51. The maximum Gasteiger partial charge on any atom is 0.0453 e. The largest absolute Gasteiger partial charge is 0.314 e. The summed E-state index contributed by atoms with van der Waals surface area (Å²) in [7, 11) is 0. The number of hydroxylamine groups is 2. The van der Waals surface area contributed by atoms with Crippen LogP contribution in [0.5, 0.6) is 0 Å². The van der Waals surface area contributed by atoms with E-state index in [4.69, 9.17) is 0 Å². The van der Waals surface area contributed by atoms with Gasteiger partial charge in [0.25, 0.3) is 0 Å². The Labute approximate surface area is 120 Å². The van der Waals surface area contributed by atoms with Crippen LogP contribution in [0.2, 0.25) is 0 Å². The summed E-state index contributed by atoms with van der Waals surface area (Å²) in [5.41, 5.74) is 3.18. The third-order valence-corrected chi connectivity index (χ3v) is 5.49. The predicted molar refractivity (Wildman–Crippen MR) is 78.5 cm³/mol. The maximum atomic E-state index is 10.1. The van der Waals surface area contributed by atoms with Gasteiger partial charge in [-0.15, -0.1) is 17.0 Å². The highest BCUT2D eigenvalue weighted by atomic mass is 79.9. The van der Waals surface area contributed by atoms with Gasteiger partial charge in [0, 0.05) is 12.6 Å². The molecule has 3 rings (SSSR count). The van der Waals surface area contributed by atoms with Crippen LogP contribution < -0.4 is 0 Å². The molecule has 0 aromatic heterocycles. The normalized spacial score (nSPS) is 33.4. The highest BCUT2D eigenvalue weighted by Gasteiger charge is 2.56. The van der Waals surface area contributed by atoms with Crippen molar-refractivity contribution in [3.63, 3.8) is 0 Å². The Balaban J connectivity index is 0.00000120. The lowest BCUT2D eigenvalue weighted by Crippen LogP contribution is -2.52. The van der Waals surface area contributed by atoms with Gasteiger partial charge in [-0.2, -0.15) is 5.06 Å². The quantitative estimate of drug-likeness (QED) is 0.792. The number of fused-ring (bicyclic) bond motifs is 2. The molecule has 1 aromatic rings. The first-order chi connectivity index (χ1) is 7.97. The summed E-state index contributed by atoms with van der Waals surface area (Å²) >= 11 is 0. The fraction of sp³-hybridized carbons (Fsp3) is 0.600. The van der Waals surface area contributed by atoms with Crippen LogP contribution in [0.25, 0.3) is 0 Å². The van der Waals surface area contributed by atoms with Crippen molar-refractivity contribution < 1.29 is 5.21 Å². The minimum Gasteiger partial charge on any atom is -0.314 e. The molecule has 0 bridgehead atoms. The fourth-order valence-corrected chi connectivity index (χ4v) is 3.88. The van der Waals surface area contributed by atoms with Gasteiger partial charge >= 0.3 is 0 Å². The molecular weight excluding hydrogens is 290 g/mol. The summed E-state index contributed by atoms with van der Waals surface area (Å²) < 4.78 is 0. The van der Waals surface area contributed by atoms with Gasteiger partial charge in [-0.1, -0.05) is 45.0 Å². The van der Waals surface area contributed by atoms with E-state index < -0.39 is 0 Å². The minimum atomic E-state index is 0. The second-order valence-corrected chi connectivity index (χ2v) is 6.33. The smallest absolute Gasteiger partial charge is 0.0453 e. The molecule has 18 heavy (non-hydrogen) atoms. The first kappa shape index (κ1) is 14.0. The number of benzene rings is 1. The van der Waals surface area contributed by atoms with Gasteiger partial charge in [-0.25, -0.2) is 0 Å². The number of nitrogens with zero attached hydrogens (tertiary/aromatic N) is 1. The lowest BCUT2D eigenvalue weighted by Gasteiger charge is -2.51. The average Bonchev–Trinajstić information content (AvgIpc) is 2.59. The number of halogens is 1. The molecule has 1 heterocycles. The molecular formula is C15H22BrNO. The molecule has 1 fully saturated rings. The molecule has 0 unspecified atom stereocenters. The molecule has 1 aliphatic heterocycles. The van der Waals surface area contributed by atoms with E-state index in [1.165, 1.54) is 11.1 Å². The molecule has 100 valence electrons. The second kappa shape index (κ2) is 4.32. The van der Waals surface area contributed by atoms with Crippen LogP contribution in [0, 0.1) is 5.41 Å². The van der Waals surface area contributed by atoms with Gasteiger partial charge in [0.1, 0.15) is 0 Å². The predicted octanol–water partition coefficient (Wildman–Crippen LogP) is 3.57. The van der Waals surface area contributed by atoms with E-state index >= 15 is 0 Å². The number of rotatable bonds is 0. The lowest BCUT2D eigenvalue weighted by molar-refractivity contribution is -0.127. The fourth-order valence-electron chi connectivity index (χ4n) is 3.88. The van der Waals surface area contributed by atoms with Crippen molar-refractivity contribution in [3.05, 3.63) is 35.4 Å². The zero-order valence-electron chi connectivity index (χ0n) is 11.3. The van der Waals surface area contributed by atoms with Crippen molar-refractivity contribution in [3.8, 4) is 0 Å². The van der Waals surface area contributed by atoms with E-state index in [9.17, 15) is 5.21 Å². The van der Waals surface area contributed by atoms with Crippen LogP contribution in [-0.2, 0) is 11.8 Å². The summed E-state index contributed by atoms with van der Waals surface area (Å²) in [6.07, 6.45) is 2.06. The van der Waals surface area contributed by atoms with Crippen molar-refractivity contribution >= 4 is 17.0 Å². The van der Waals surface area contributed by atoms with E-state index in [1.54, 1.807) is 5.06 Å². The van der Waals surface area contributed by atoms with Crippen molar-refractivity contribution in [2.24, 2.45) is 5.41 Å². The van der Waals surface area contributed by atoms with Crippen molar-refractivity contribution in [1.29, 1.82) is 0 Å². The van der Waals surface area contributed by atoms with Crippen LogP contribution in [0.15, 0.2) is 24.3 Å². The Morgan fingerprint density at radius 3 is 2.61 bits per heavy atom. The van der Waals surface area contributed by atoms with E-state index in [2.05, 4.69) is 45.0 Å². The number of hydrogen-bond donors (Lipinski definition) is 1. The Kier molecular flexibility index (Phi) is 3.37. The summed E-state index contributed by atoms with van der Waals surface area (Å²) in [4.78, 5) is 0. The third-order valence-electron chi connectivity index (χ3n) is 5.49. The lowest BCUT2D eigenvalue weighted by atomic mass is 9.54. The highest BCUT2D eigenvalue weighted by Crippen LogP contribution is 2.55. The molecule has 3 heteroatoms. The molecule has 2 nitrogen and oxygen atoms in total. The van der Waals surface area contributed by atoms with Gasteiger partial charge < -0.3 is 5.21 Å². The molecule has 2 atom stereocenters.